The summed E-state index contributed by atoms with van der Waals surface area (Å²) in [6, 6.07) is 0. The zero-order chi connectivity index (χ0) is 20.1. The van der Waals surface area contributed by atoms with Crippen LogP contribution in [0.1, 0.15) is 54.2 Å². The summed E-state index contributed by atoms with van der Waals surface area (Å²) in [5.74, 6) is 0. The summed E-state index contributed by atoms with van der Waals surface area (Å²) >= 11 is 12.9. The van der Waals surface area contributed by atoms with E-state index in [1.165, 1.54) is 23.2 Å². The monoisotopic (exact) mass is 705 g/mol. The Kier molecular flexibility index (Phi) is 24.5. The zero-order valence-corrected chi connectivity index (χ0v) is 24.6. The second-order valence-corrected chi connectivity index (χ2v) is 21.8. The zero-order valence-electron chi connectivity index (χ0n) is 16.0. The first-order chi connectivity index (χ1) is 12.2. The predicted octanol–water partition coefficient (Wildman–Crippen LogP) is 7.34. The van der Waals surface area contributed by atoms with E-state index in [2.05, 4.69) is 89.7 Å². The molecular formula is C17H31Br4N4OPV. The number of nitrogens with one attached hydrogen (secondary N) is 2. The first-order valence-corrected chi connectivity index (χ1v) is 16.7. The van der Waals surface area contributed by atoms with Crippen molar-refractivity contribution >= 4 is 66.4 Å². The van der Waals surface area contributed by atoms with Crippen molar-refractivity contribution < 1.29 is 23.7 Å². The molecule has 11 heteroatoms. The van der Waals surface area contributed by atoms with E-state index in [-0.39, 0.29) is 36.6 Å². The quantitative estimate of drug-likeness (QED) is 0.217. The van der Waals surface area contributed by atoms with Crippen LogP contribution in [0.5, 0.6) is 0 Å². The molecule has 0 aromatic carbocycles. The van der Waals surface area contributed by atoms with Gasteiger partial charge in [0.1, 0.15) is 4.03 Å². The molecule has 28 heavy (non-hydrogen) atoms. The fraction of sp³-hybridized carbons (Fsp3) is 0.647. The second-order valence-electron chi connectivity index (χ2n) is 5.64. The Hall–Kier alpha value is 1.31. The molecule has 0 saturated heterocycles. The van der Waals surface area contributed by atoms with Crippen LogP contribution in [0.15, 0.2) is 0 Å². The molecule has 0 unspecified atom stereocenters. The Morgan fingerprint density at radius 1 is 0.857 bits per heavy atom. The third kappa shape index (κ3) is 15.2. The number of hydrogen-bond acceptors (Lipinski definition) is 3. The Morgan fingerprint density at radius 3 is 1.46 bits per heavy atom. The van der Waals surface area contributed by atoms with Crippen molar-refractivity contribution in [2.45, 2.75) is 60.8 Å². The first-order valence-electron chi connectivity index (χ1n) is 8.19. The number of nitrogens with zero attached hydrogens (tertiary/aromatic N) is 2. The maximum Gasteiger partial charge on any atom is 0.103 e. The third-order valence-electron chi connectivity index (χ3n) is 3.71. The van der Waals surface area contributed by atoms with E-state index >= 15 is 0 Å². The smallest absolute Gasteiger partial charge is 0.103 e. The van der Waals surface area contributed by atoms with E-state index in [0.717, 1.165) is 41.7 Å². The standard InChI is InChI=1S/C8H13BrN2.C8H14N2O.CH4.Br3P.V/c1-6-8(4-3-5-9)7(2)11-10-6;1-6-8(4-3-5-11)7(2)10-9-6;;1-4(2)3;/h3-5H2,1-2H3,(H,10,11);11H,3-5H2,1-2H3,(H,9,10);1H4;;. The van der Waals surface area contributed by atoms with Gasteiger partial charge in [-0.3, -0.25) is 10.2 Å². The Bertz CT molecular complexity index is 534. The van der Waals surface area contributed by atoms with Crippen molar-refractivity contribution in [2.75, 3.05) is 11.9 Å². The van der Waals surface area contributed by atoms with E-state index in [4.69, 9.17) is 5.11 Å². The number of aliphatic hydroxyl groups excluding tert-OH is 1. The van der Waals surface area contributed by atoms with Crippen molar-refractivity contribution in [1.29, 1.82) is 0 Å². The molecule has 2 rings (SSSR count). The van der Waals surface area contributed by atoms with Crippen molar-refractivity contribution in [2.24, 2.45) is 0 Å². The summed E-state index contributed by atoms with van der Waals surface area (Å²) in [6.45, 7) is 8.36. The Morgan fingerprint density at radius 2 is 1.21 bits per heavy atom. The van der Waals surface area contributed by atoms with Crippen LogP contribution < -0.4 is 0 Å². The molecule has 0 saturated carbocycles. The minimum absolute atomic E-state index is 0. The van der Waals surface area contributed by atoms with Crippen LogP contribution in [0.2, 0.25) is 0 Å². The van der Waals surface area contributed by atoms with Gasteiger partial charge in [0.05, 0.1) is 11.4 Å². The van der Waals surface area contributed by atoms with Crippen molar-refractivity contribution in [3.05, 3.63) is 33.9 Å². The van der Waals surface area contributed by atoms with Gasteiger partial charge in [0.15, 0.2) is 0 Å². The maximum atomic E-state index is 8.62. The van der Waals surface area contributed by atoms with E-state index in [1.807, 2.05) is 20.8 Å². The van der Waals surface area contributed by atoms with Gasteiger partial charge < -0.3 is 5.11 Å². The van der Waals surface area contributed by atoms with Crippen LogP contribution in [-0.4, -0.2) is 37.4 Å². The van der Waals surface area contributed by atoms with Gasteiger partial charge in [-0.05, 0) is 111 Å². The Balaban J connectivity index is -0.000000355. The van der Waals surface area contributed by atoms with Gasteiger partial charge in [-0.15, -0.1) is 0 Å². The normalized spacial score (nSPS) is 9.50. The maximum absolute atomic E-state index is 8.62. The molecule has 0 bridgehead atoms. The van der Waals surface area contributed by atoms with E-state index in [1.54, 1.807) is 0 Å². The van der Waals surface area contributed by atoms with Crippen molar-refractivity contribution in [1.82, 2.24) is 20.4 Å². The summed E-state index contributed by atoms with van der Waals surface area (Å²) < 4.78 is -0.183. The molecule has 5 nitrogen and oxygen atoms in total. The number of hydrogen-bond donors (Lipinski definition) is 3. The number of aryl methyl sites for hydroxylation is 4. The third-order valence-corrected chi connectivity index (χ3v) is 4.27. The van der Waals surface area contributed by atoms with Gasteiger partial charge >= 0.3 is 0 Å². The first kappa shape index (κ1) is 33.9. The van der Waals surface area contributed by atoms with Gasteiger partial charge in [0.2, 0.25) is 0 Å². The van der Waals surface area contributed by atoms with Gasteiger partial charge in [0, 0.05) is 41.9 Å². The molecule has 0 atom stereocenters. The van der Waals surface area contributed by atoms with Crippen LogP contribution in [0.25, 0.3) is 0 Å². The number of halogens is 4. The Labute approximate surface area is 215 Å². The molecule has 0 fully saturated rings. The molecule has 2 aromatic heterocycles. The second kappa shape index (κ2) is 20.2. The molecule has 0 amide bonds. The number of aliphatic hydroxyl groups is 1. The van der Waals surface area contributed by atoms with Crippen LogP contribution in [0, 0.1) is 27.7 Å². The molecule has 0 aliphatic carbocycles. The SMILES string of the molecule is BrP(Br)Br.C.Cc1n[nH]c(C)c1CCCBr.Cc1n[nH]c(C)c1CCCO.[V]. The van der Waals surface area contributed by atoms with Crippen LogP contribution in [-0.2, 0) is 31.4 Å². The molecular weight excluding hydrogens is 678 g/mol. The number of aromatic nitrogens is 4. The van der Waals surface area contributed by atoms with E-state index in [0.29, 0.717) is 0 Å². The molecule has 163 valence electrons. The average Bonchev–Trinajstić information content (AvgIpc) is 3.06. The molecule has 0 aliphatic heterocycles. The minimum atomic E-state index is -0.183. The van der Waals surface area contributed by atoms with Gasteiger partial charge in [-0.1, -0.05) is 23.4 Å². The molecule has 1 radical (unpaired) electrons. The number of aromatic amines is 2. The fourth-order valence-electron chi connectivity index (χ4n) is 2.38. The fourth-order valence-corrected chi connectivity index (χ4v) is 2.66. The van der Waals surface area contributed by atoms with Crippen LogP contribution in [0.3, 0.4) is 0 Å². The predicted molar refractivity (Wildman–Crippen MR) is 134 cm³/mol. The molecule has 0 spiro atoms. The van der Waals surface area contributed by atoms with E-state index in [9.17, 15) is 0 Å². The number of H-pyrrole nitrogens is 2. The van der Waals surface area contributed by atoms with Crippen molar-refractivity contribution in [3.63, 3.8) is 0 Å². The summed E-state index contributed by atoms with van der Waals surface area (Å²) in [5.41, 5.74) is 7.15. The van der Waals surface area contributed by atoms with Gasteiger partial charge in [-0.2, -0.15) is 10.2 Å². The molecule has 3 N–H and O–H groups in total. The minimum Gasteiger partial charge on any atom is -0.396 e. The van der Waals surface area contributed by atoms with Crippen LogP contribution in [0.4, 0.5) is 0 Å². The van der Waals surface area contributed by atoms with Crippen molar-refractivity contribution in [3.8, 4) is 0 Å². The average molecular weight is 709 g/mol. The summed E-state index contributed by atoms with van der Waals surface area (Å²) in [6.07, 6.45) is 4.05. The largest absolute Gasteiger partial charge is 0.396 e. The number of rotatable bonds is 6. The van der Waals surface area contributed by atoms with Gasteiger partial charge in [0.25, 0.3) is 0 Å². The summed E-state index contributed by atoms with van der Waals surface area (Å²) in [4.78, 5) is 0. The summed E-state index contributed by atoms with van der Waals surface area (Å²) in [7, 11) is 0. The summed E-state index contributed by atoms with van der Waals surface area (Å²) in [5, 5.41) is 23.8. The molecule has 2 heterocycles. The molecule has 2 aromatic rings. The number of alkyl halides is 1. The molecule has 0 aliphatic rings. The van der Waals surface area contributed by atoms with Gasteiger partial charge in [-0.25, -0.2) is 0 Å². The van der Waals surface area contributed by atoms with Crippen LogP contribution >= 0.6 is 66.4 Å². The van der Waals surface area contributed by atoms with E-state index < -0.39 is 0 Å². The topological polar surface area (TPSA) is 77.6 Å².